The first-order chi connectivity index (χ1) is 9.15. The van der Waals surface area contributed by atoms with Gasteiger partial charge < -0.3 is 9.84 Å². The number of ether oxygens (including phenoxy) is 1. The summed E-state index contributed by atoms with van der Waals surface area (Å²) in [5.41, 5.74) is 1.02. The SMILES string of the molecule is CCc1c(C#N)c(OC)c2ccccc2c1C(=O)O. The third kappa shape index (κ3) is 1.89. The van der Waals surface area contributed by atoms with Gasteiger partial charge in [0.15, 0.2) is 0 Å². The molecule has 0 aliphatic rings. The van der Waals surface area contributed by atoms with Gasteiger partial charge in [-0.25, -0.2) is 4.79 Å². The molecular formula is C15H13NO3. The van der Waals surface area contributed by atoms with E-state index >= 15 is 0 Å². The van der Waals surface area contributed by atoms with Crippen molar-refractivity contribution in [3.05, 3.63) is 41.0 Å². The van der Waals surface area contributed by atoms with Gasteiger partial charge >= 0.3 is 5.97 Å². The molecule has 0 heterocycles. The van der Waals surface area contributed by atoms with Crippen LogP contribution in [0.4, 0.5) is 0 Å². The van der Waals surface area contributed by atoms with E-state index in [1.54, 1.807) is 24.3 Å². The molecule has 0 spiro atoms. The number of aromatic carboxylic acids is 1. The molecule has 4 nitrogen and oxygen atoms in total. The predicted molar refractivity (Wildman–Crippen MR) is 71.6 cm³/mol. The molecule has 1 N–H and O–H groups in total. The Morgan fingerprint density at radius 2 is 2.00 bits per heavy atom. The molecule has 0 atom stereocenters. The van der Waals surface area contributed by atoms with Gasteiger partial charge in [-0.15, -0.1) is 0 Å². The Labute approximate surface area is 110 Å². The first kappa shape index (κ1) is 12.9. The smallest absolute Gasteiger partial charge is 0.336 e. The second kappa shape index (κ2) is 4.99. The van der Waals surface area contributed by atoms with Crippen molar-refractivity contribution in [3.8, 4) is 11.8 Å². The molecule has 0 aromatic heterocycles. The minimum absolute atomic E-state index is 0.190. The lowest BCUT2D eigenvalue weighted by molar-refractivity contribution is 0.0698. The van der Waals surface area contributed by atoms with Crippen molar-refractivity contribution in [2.75, 3.05) is 7.11 Å². The largest absolute Gasteiger partial charge is 0.495 e. The quantitative estimate of drug-likeness (QED) is 0.915. The van der Waals surface area contributed by atoms with E-state index in [1.165, 1.54) is 7.11 Å². The van der Waals surface area contributed by atoms with Crippen molar-refractivity contribution >= 4 is 16.7 Å². The van der Waals surface area contributed by atoms with Gasteiger partial charge in [-0.1, -0.05) is 31.2 Å². The molecule has 2 aromatic rings. The normalized spacial score (nSPS) is 10.2. The van der Waals surface area contributed by atoms with Crippen LogP contribution < -0.4 is 4.74 Å². The van der Waals surface area contributed by atoms with Crippen LogP contribution in [-0.4, -0.2) is 18.2 Å². The first-order valence-corrected chi connectivity index (χ1v) is 5.90. The Kier molecular flexibility index (Phi) is 3.39. The van der Waals surface area contributed by atoms with Gasteiger partial charge in [0, 0.05) is 10.8 Å². The lowest BCUT2D eigenvalue weighted by Crippen LogP contribution is -2.07. The zero-order chi connectivity index (χ0) is 14.0. The van der Waals surface area contributed by atoms with Crippen LogP contribution in [0.25, 0.3) is 10.8 Å². The van der Waals surface area contributed by atoms with Gasteiger partial charge in [-0.05, 0) is 12.0 Å². The summed E-state index contributed by atoms with van der Waals surface area (Å²) in [6, 6.07) is 9.14. The number of hydrogen-bond acceptors (Lipinski definition) is 3. The average Bonchev–Trinajstić information content (AvgIpc) is 2.43. The number of nitrogens with zero attached hydrogens (tertiary/aromatic N) is 1. The number of carbonyl (C=O) groups is 1. The van der Waals surface area contributed by atoms with Crippen LogP contribution in [0, 0.1) is 11.3 Å². The second-order valence-electron chi connectivity index (χ2n) is 4.08. The van der Waals surface area contributed by atoms with Gasteiger partial charge in [0.25, 0.3) is 0 Å². The minimum Gasteiger partial charge on any atom is -0.495 e. The standard InChI is InChI=1S/C15H13NO3/c1-3-9-12(8-16)14(19-2)11-7-5-4-6-10(11)13(9)15(17)18/h4-7H,3H2,1-2H3,(H,17,18). The lowest BCUT2D eigenvalue weighted by Gasteiger charge is -2.15. The Bertz CT molecular complexity index is 699. The van der Waals surface area contributed by atoms with E-state index in [1.807, 2.05) is 6.92 Å². The molecule has 0 unspecified atom stereocenters. The molecule has 0 amide bonds. The number of carboxylic acid groups (broad SMARTS) is 1. The summed E-state index contributed by atoms with van der Waals surface area (Å²) in [5.74, 6) is -0.577. The summed E-state index contributed by atoms with van der Waals surface area (Å²) in [4.78, 5) is 11.5. The van der Waals surface area contributed by atoms with E-state index in [9.17, 15) is 15.2 Å². The van der Waals surface area contributed by atoms with Gasteiger partial charge in [0.05, 0.1) is 18.2 Å². The highest BCUT2D eigenvalue weighted by atomic mass is 16.5. The number of hydrogen-bond donors (Lipinski definition) is 1. The zero-order valence-corrected chi connectivity index (χ0v) is 10.7. The molecule has 4 heteroatoms. The molecule has 0 bridgehead atoms. The highest BCUT2D eigenvalue weighted by Crippen LogP contribution is 2.36. The van der Waals surface area contributed by atoms with E-state index in [4.69, 9.17) is 4.74 Å². The summed E-state index contributed by atoms with van der Waals surface area (Å²) < 4.78 is 5.31. The molecule has 0 saturated carbocycles. The maximum Gasteiger partial charge on any atom is 0.336 e. The molecule has 2 aromatic carbocycles. The van der Waals surface area contributed by atoms with E-state index in [-0.39, 0.29) is 5.56 Å². The van der Waals surface area contributed by atoms with Crippen molar-refractivity contribution in [1.82, 2.24) is 0 Å². The minimum atomic E-state index is -1.02. The number of methoxy groups -OCH3 is 1. The van der Waals surface area contributed by atoms with Crippen LogP contribution in [0.15, 0.2) is 24.3 Å². The van der Waals surface area contributed by atoms with Crippen molar-refractivity contribution in [2.24, 2.45) is 0 Å². The van der Waals surface area contributed by atoms with Gasteiger partial charge in [0.2, 0.25) is 0 Å². The molecule has 96 valence electrons. The number of carboxylic acids is 1. The van der Waals surface area contributed by atoms with Crippen molar-refractivity contribution < 1.29 is 14.6 Å². The molecule has 0 radical (unpaired) electrons. The maximum atomic E-state index is 11.5. The third-order valence-electron chi connectivity index (χ3n) is 3.15. The highest BCUT2D eigenvalue weighted by Gasteiger charge is 2.22. The molecule has 19 heavy (non-hydrogen) atoms. The lowest BCUT2D eigenvalue weighted by atomic mass is 9.92. The van der Waals surface area contributed by atoms with Crippen LogP contribution in [0.5, 0.6) is 5.75 Å². The monoisotopic (exact) mass is 255 g/mol. The van der Waals surface area contributed by atoms with Gasteiger partial charge in [-0.3, -0.25) is 0 Å². The Morgan fingerprint density at radius 1 is 1.37 bits per heavy atom. The molecule has 0 fully saturated rings. The third-order valence-corrected chi connectivity index (χ3v) is 3.15. The van der Waals surface area contributed by atoms with Crippen molar-refractivity contribution in [1.29, 1.82) is 5.26 Å². The summed E-state index contributed by atoms with van der Waals surface area (Å²) in [7, 11) is 1.49. The fourth-order valence-corrected chi connectivity index (χ4v) is 2.39. The van der Waals surface area contributed by atoms with E-state index in [0.29, 0.717) is 34.1 Å². The summed E-state index contributed by atoms with van der Waals surface area (Å²) in [6.07, 6.45) is 0.464. The van der Waals surface area contributed by atoms with Crippen molar-refractivity contribution in [3.63, 3.8) is 0 Å². The molecular weight excluding hydrogens is 242 g/mol. The van der Waals surface area contributed by atoms with Crippen LogP contribution in [0.3, 0.4) is 0 Å². The fourth-order valence-electron chi connectivity index (χ4n) is 2.39. The van der Waals surface area contributed by atoms with Gasteiger partial charge in [0.1, 0.15) is 11.8 Å². The summed E-state index contributed by atoms with van der Waals surface area (Å²) in [6.45, 7) is 1.83. The van der Waals surface area contributed by atoms with Crippen LogP contribution in [-0.2, 0) is 6.42 Å². The fraction of sp³-hybridized carbons (Fsp3) is 0.200. The number of benzene rings is 2. The van der Waals surface area contributed by atoms with Crippen molar-refractivity contribution in [2.45, 2.75) is 13.3 Å². The topological polar surface area (TPSA) is 70.3 Å². The van der Waals surface area contributed by atoms with E-state index < -0.39 is 5.97 Å². The Morgan fingerprint density at radius 3 is 2.47 bits per heavy atom. The predicted octanol–water partition coefficient (Wildman–Crippen LogP) is 2.98. The van der Waals surface area contributed by atoms with Crippen LogP contribution in [0.2, 0.25) is 0 Å². The highest BCUT2D eigenvalue weighted by molar-refractivity contribution is 6.08. The molecule has 0 aliphatic carbocycles. The second-order valence-corrected chi connectivity index (χ2v) is 4.08. The zero-order valence-electron chi connectivity index (χ0n) is 10.7. The Hall–Kier alpha value is -2.54. The number of fused-ring (bicyclic) bond motifs is 1. The number of rotatable bonds is 3. The van der Waals surface area contributed by atoms with Crippen LogP contribution >= 0.6 is 0 Å². The van der Waals surface area contributed by atoms with E-state index in [0.717, 1.165) is 0 Å². The maximum absolute atomic E-state index is 11.5. The molecule has 0 aliphatic heterocycles. The summed E-state index contributed by atoms with van der Waals surface area (Å²) in [5, 5.41) is 20.0. The Balaban J connectivity index is 3.08. The molecule has 2 rings (SSSR count). The van der Waals surface area contributed by atoms with Gasteiger partial charge in [-0.2, -0.15) is 5.26 Å². The average molecular weight is 255 g/mol. The number of nitriles is 1. The van der Waals surface area contributed by atoms with E-state index in [2.05, 4.69) is 6.07 Å². The first-order valence-electron chi connectivity index (χ1n) is 5.90. The molecule has 0 saturated heterocycles. The van der Waals surface area contributed by atoms with Crippen LogP contribution in [0.1, 0.15) is 28.4 Å². The summed E-state index contributed by atoms with van der Waals surface area (Å²) >= 11 is 0.